The Balaban J connectivity index is 1.40. The van der Waals surface area contributed by atoms with Crippen LogP contribution in [-0.2, 0) is 4.74 Å². The average molecular weight is 554 g/mol. The molecular formula is C29H33F2N5O4. The first-order valence-corrected chi connectivity index (χ1v) is 13.6. The van der Waals surface area contributed by atoms with E-state index in [0.29, 0.717) is 61.8 Å². The van der Waals surface area contributed by atoms with Crippen molar-refractivity contribution in [2.75, 3.05) is 51.3 Å². The van der Waals surface area contributed by atoms with Crippen molar-refractivity contribution in [1.29, 1.82) is 0 Å². The molecule has 1 fully saturated rings. The smallest absolute Gasteiger partial charge is 0.255 e. The third-order valence-corrected chi connectivity index (χ3v) is 6.84. The number of morpholine rings is 1. The number of hydrogen-bond donors (Lipinski definition) is 2. The molecule has 0 aliphatic carbocycles. The summed E-state index contributed by atoms with van der Waals surface area (Å²) in [5.74, 6) is -0.828. The first-order chi connectivity index (χ1) is 19.5. The standard InChI is InChI=1S/C29H33F2N5O4/c1-19-4-2-3-13-39-26-16-20(5-8-23(26)30)27-24(31)18-33-29(35-27)34-21-6-7-22(25(17-21)40-19)28(37)32-9-10-36-11-14-38-15-12-36/h5-8,16-19H,2-4,9-15H2,1H3,(H,32,37)(H,33,34,35). The van der Waals surface area contributed by atoms with Crippen molar-refractivity contribution >= 4 is 17.5 Å². The van der Waals surface area contributed by atoms with Crippen LogP contribution < -0.4 is 20.1 Å². The lowest BCUT2D eigenvalue weighted by molar-refractivity contribution is 0.0383. The normalized spacial score (nSPS) is 18.0. The fourth-order valence-corrected chi connectivity index (χ4v) is 4.64. The Morgan fingerprint density at radius 1 is 1.07 bits per heavy atom. The lowest BCUT2D eigenvalue weighted by atomic mass is 10.1. The molecule has 1 atom stereocenters. The average Bonchev–Trinajstić information content (AvgIpc) is 2.95. The minimum atomic E-state index is -0.650. The molecule has 0 spiro atoms. The highest BCUT2D eigenvalue weighted by molar-refractivity contribution is 5.97. The molecule has 9 nitrogen and oxygen atoms in total. The summed E-state index contributed by atoms with van der Waals surface area (Å²) in [6, 6.07) is 9.26. The number of amides is 1. The number of ether oxygens (including phenoxy) is 3. The molecule has 2 N–H and O–H groups in total. The zero-order chi connectivity index (χ0) is 27.9. The van der Waals surface area contributed by atoms with Gasteiger partial charge in [-0.2, -0.15) is 0 Å². The molecule has 2 aromatic carbocycles. The van der Waals surface area contributed by atoms with Crippen LogP contribution in [0.3, 0.4) is 0 Å². The maximum Gasteiger partial charge on any atom is 0.255 e. The Bertz CT molecular complexity index is 1340. The van der Waals surface area contributed by atoms with Gasteiger partial charge in [0.15, 0.2) is 17.4 Å². The fourth-order valence-electron chi connectivity index (χ4n) is 4.64. The minimum absolute atomic E-state index is 0.00743. The Morgan fingerprint density at radius 2 is 1.93 bits per heavy atom. The van der Waals surface area contributed by atoms with E-state index in [2.05, 4.69) is 25.5 Å². The van der Waals surface area contributed by atoms with Crippen LogP contribution in [0.15, 0.2) is 42.6 Å². The number of fused-ring (bicyclic) bond motifs is 7. The van der Waals surface area contributed by atoms with Gasteiger partial charge in [-0.15, -0.1) is 0 Å². The van der Waals surface area contributed by atoms with E-state index in [1.54, 1.807) is 18.2 Å². The van der Waals surface area contributed by atoms with Crippen LogP contribution in [-0.4, -0.2) is 72.9 Å². The molecule has 5 rings (SSSR count). The topological polar surface area (TPSA) is 97.8 Å². The second kappa shape index (κ2) is 13.0. The second-order valence-corrected chi connectivity index (χ2v) is 9.85. The zero-order valence-electron chi connectivity index (χ0n) is 22.4. The minimum Gasteiger partial charge on any atom is -0.490 e. The molecule has 3 aromatic rings. The monoisotopic (exact) mass is 553 g/mol. The van der Waals surface area contributed by atoms with Crippen LogP contribution in [0, 0.1) is 11.6 Å². The highest BCUT2D eigenvalue weighted by atomic mass is 19.1. The van der Waals surface area contributed by atoms with E-state index < -0.39 is 11.6 Å². The van der Waals surface area contributed by atoms with E-state index in [1.807, 2.05) is 6.92 Å². The van der Waals surface area contributed by atoms with E-state index in [0.717, 1.165) is 32.3 Å². The molecule has 1 unspecified atom stereocenters. The van der Waals surface area contributed by atoms with Crippen molar-refractivity contribution < 1.29 is 27.8 Å². The number of benzene rings is 2. The van der Waals surface area contributed by atoms with Crippen LogP contribution in [0.4, 0.5) is 20.4 Å². The SMILES string of the molecule is CC1CCCCOc2cc(ccc2F)-c2nc(ncc2F)Nc2ccc(C(=O)NCCN3CCOCC3)c(c2)O1. The van der Waals surface area contributed by atoms with E-state index in [9.17, 15) is 13.6 Å². The van der Waals surface area contributed by atoms with Gasteiger partial charge in [0.2, 0.25) is 5.95 Å². The molecule has 1 amide bonds. The van der Waals surface area contributed by atoms with Crippen LogP contribution in [0.5, 0.6) is 11.5 Å². The molecule has 2 aliphatic heterocycles. The van der Waals surface area contributed by atoms with Crippen molar-refractivity contribution in [1.82, 2.24) is 20.2 Å². The molecule has 1 aromatic heterocycles. The lowest BCUT2D eigenvalue weighted by Gasteiger charge is -2.26. The molecule has 40 heavy (non-hydrogen) atoms. The van der Waals surface area contributed by atoms with Crippen molar-refractivity contribution in [3.05, 3.63) is 59.8 Å². The number of hydrogen-bond acceptors (Lipinski definition) is 8. The first kappa shape index (κ1) is 27.7. The summed E-state index contributed by atoms with van der Waals surface area (Å²) in [5.41, 5.74) is 1.35. The Kier molecular flexibility index (Phi) is 9.02. The van der Waals surface area contributed by atoms with Gasteiger partial charge >= 0.3 is 0 Å². The van der Waals surface area contributed by atoms with Gasteiger partial charge in [0.1, 0.15) is 11.4 Å². The lowest BCUT2D eigenvalue weighted by Crippen LogP contribution is -2.41. The Morgan fingerprint density at radius 3 is 2.77 bits per heavy atom. The van der Waals surface area contributed by atoms with Gasteiger partial charge in [0, 0.05) is 43.5 Å². The van der Waals surface area contributed by atoms with Gasteiger partial charge in [0.05, 0.1) is 37.7 Å². The third-order valence-electron chi connectivity index (χ3n) is 6.84. The van der Waals surface area contributed by atoms with E-state index >= 15 is 0 Å². The van der Waals surface area contributed by atoms with Crippen LogP contribution >= 0.6 is 0 Å². The number of carbonyl (C=O) groups excluding carboxylic acids is 1. The summed E-state index contributed by atoms with van der Waals surface area (Å²) in [4.78, 5) is 23.8. The summed E-state index contributed by atoms with van der Waals surface area (Å²) in [6.45, 7) is 6.56. The summed E-state index contributed by atoms with van der Waals surface area (Å²) in [6.07, 6.45) is 3.00. The summed E-state index contributed by atoms with van der Waals surface area (Å²) < 4.78 is 46.3. The highest BCUT2D eigenvalue weighted by Gasteiger charge is 2.19. The predicted molar refractivity (Wildman–Crippen MR) is 146 cm³/mol. The molecule has 212 valence electrons. The van der Waals surface area contributed by atoms with Gasteiger partial charge in [-0.05, 0) is 56.5 Å². The molecular weight excluding hydrogens is 520 g/mol. The maximum absolute atomic E-state index is 14.7. The number of nitrogens with one attached hydrogen (secondary N) is 2. The van der Waals surface area contributed by atoms with E-state index in [4.69, 9.17) is 14.2 Å². The molecule has 1 saturated heterocycles. The van der Waals surface area contributed by atoms with Gasteiger partial charge < -0.3 is 24.8 Å². The quantitative estimate of drug-likeness (QED) is 0.486. The molecule has 0 radical (unpaired) electrons. The molecule has 0 saturated carbocycles. The largest absolute Gasteiger partial charge is 0.490 e. The van der Waals surface area contributed by atoms with Gasteiger partial charge in [-0.25, -0.2) is 18.7 Å². The molecule has 6 bridgehead atoms. The number of rotatable bonds is 4. The second-order valence-electron chi connectivity index (χ2n) is 9.85. The summed E-state index contributed by atoms with van der Waals surface area (Å²) in [5, 5.41) is 6.06. The van der Waals surface area contributed by atoms with Crippen molar-refractivity contribution in [2.45, 2.75) is 32.3 Å². The summed E-state index contributed by atoms with van der Waals surface area (Å²) >= 11 is 0. The predicted octanol–water partition coefficient (Wildman–Crippen LogP) is 4.56. The highest BCUT2D eigenvalue weighted by Crippen LogP contribution is 2.30. The van der Waals surface area contributed by atoms with Crippen molar-refractivity contribution in [2.24, 2.45) is 0 Å². The number of aromatic nitrogens is 2. The fraction of sp³-hybridized carbons (Fsp3) is 0.414. The van der Waals surface area contributed by atoms with E-state index in [1.165, 1.54) is 18.2 Å². The number of carbonyl (C=O) groups is 1. The van der Waals surface area contributed by atoms with Crippen LogP contribution in [0.2, 0.25) is 0 Å². The van der Waals surface area contributed by atoms with E-state index in [-0.39, 0.29) is 29.4 Å². The van der Waals surface area contributed by atoms with Crippen molar-refractivity contribution in [3.8, 4) is 22.8 Å². The zero-order valence-corrected chi connectivity index (χ0v) is 22.4. The molecule has 11 heteroatoms. The molecule has 3 heterocycles. The van der Waals surface area contributed by atoms with Gasteiger partial charge in [-0.1, -0.05) is 0 Å². The van der Waals surface area contributed by atoms with Crippen LogP contribution in [0.1, 0.15) is 36.5 Å². The Hall–Kier alpha value is -3.83. The Labute approximate surface area is 231 Å². The van der Waals surface area contributed by atoms with Gasteiger partial charge in [-0.3, -0.25) is 9.69 Å². The first-order valence-electron chi connectivity index (χ1n) is 13.6. The summed E-state index contributed by atoms with van der Waals surface area (Å²) in [7, 11) is 0. The number of nitrogens with zero attached hydrogens (tertiary/aromatic N) is 3. The van der Waals surface area contributed by atoms with Gasteiger partial charge in [0.25, 0.3) is 5.91 Å². The van der Waals surface area contributed by atoms with Crippen molar-refractivity contribution in [3.63, 3.8) is 0 Å². The maximum atomic E-state index is 14.7. The molecule has 2 aliphatic rings. The number of anilines is 2. The number of halogens is 2. The third kappa shape index (κ3) is 7.02. The van der Waals surface area contributed by atoms with Crippen LogP contribution in [0.25, 0.3) is 11.3 Å².